The van der Waals surface area contributed by atoms with Gasteiger partial charge in [0.1, 0.15) is 11.9 Å². The second-order valence-corrected chi connectivity index (χ2v) is 8.28. The van der Waals surface area contributed by atoms with Crippen molar-refractivity contribution in [1.29, 1.82) is 0 Å². The summed E-state index contributed by atoms with van der Waals surface area (Å²) in [6.07, 6.45) is 1.52. The zero-order valence-electron chi connectivity index (χ0n) is 13.3. The highest BCUT2D eigenvalue weighted by molar-refractivity contribution is 7.88. The van der Waals surface area contributed by atoms with Crippen molar-refractivity contribution >= 4 is 21.6 Å². The molecule has 1 aliphatic rings. The number of benzene rings is 2. The lowest BCUT2D eigenvalue weighted by Crippen LogP contribution is -2.44. The Balaban J connectivity index is 1.68. The van der Waals surface area contributed by atoms with Gasteiger partial charge in [0.25, 0.3) is 0 Å². The number of hydrogen-bond donors (Lipinski definition) is 0. The van der Waals surface area contributed by atoms with Crippen LogP contribution in [-0.4, -0.2) is 31.9 Å². The van der Waals surface area contributed by atoms with Gasteiger partial charge < -0.3 is 4.74 Å². The normalized spacial score (nSPS) is 19.1. The molecule has 0 aliphatic carbocycles. The Bertz CT molecular complexity index is 780. The summed E-state index contributed by atoms with van der Waals surface area (Å²) in [5.41, 5.74) is 0.630. The maximum absolute atomic E-state index is 12.7. The first-order valence-corrected chi connectivity index (χ1v) is 9.96. The smallest absolute Gasteiger partial charge is 0.218 e. The lowest BCUT2D eigenvalue weighted by molar-refractivity contribution is 0.129. The number of halogens is 1. The molecular weight excluding hydrogens is 346 g/mol. The molecule has 1 aliphatic heterocycles. The zero-order valence-corrected chi connectivity index (χ0v) is 14.8. The summed E-state index contributed by atoms with van der Waals surface area (Å²) < 4.78 is 32.9. The van der Waals surface area contributed by atoms with Crippen molar-refractivity contribution in [3.8, 4) is 5.75 Å². The van der Waals surface area contributed by atoms with Crippen LogP contribution in [0.5, 0.6) is 5.75 Å². The number of piperidine rings is 1. The maximum Gasteiger partial charge on any atom is 0.218 e. The molecule has 4 nitrogen and oxygen atoms in total. The van der Waals surface area contributed by atoms with Gasteiger partial charge in [-0.25, -0.2) is 8.42 Å². The summed E-state index contributed by atoms with van der Waals surface area (Å²) in [6.45, 7) is 0.906. The predicted octanol–water partition coefficient (Wildman–Crippen LogP) is 3.71. The number of ether oxygens (including phenoxy) is 1. The SMILES string of the molecule is O=S(=O)(Cc1ccccc1Cl)N1CCCC(Oc2ccccc2)C1. The van der Waals surface area contributed by atoms with Crippen LogP contribution in [0, 0.1) is 0 Å². The Morgan fingerprint density at radius 2 is 1.79 bits per heavy atom. The first-order chi connectivity index (χ1) is 11.5. The van der Waals surface area contributed by atoms with Crippen LogP contribution in [0.4, 0.5) is 0 Å². The third kappa shape index (κ3) is 4.29. The average Bonchev–Trinajstić information content (AvgIpc) is 2.58. The summed E-state index contributed by atoms with van der Waals surface area (Å²) in [6, 6.07) is 16.6. The topological polar surface area (TPSA) is 46.6 Å². The van der Waals surface area contributed by atoms with Crippen LogP contribution in [0.25, 0.3) is 0 Å². The summed E-state index contributed by atoms with van der Waals surface area (Å²) in [5.74, 6) is 0.693. The van der Waals surface area contributed by atoms with E-state index in [2.05, 4.69) is 0 Å². The van der Waals surface area contributed by atoms with Crippen LogP contribution in [0.1, 0.15) is 18.4 Å². The van der Waals surface area contributed by atoms with Crippen molar-refractivity contribution in [2.75, 3.05) is 13.1 Å². The number of nitrogens with zero attached hydrogens (tertiary/aromatic N) is 1. The Hall–Kier alpha value is -1.56. The lowest BCUT2D eigenvalue weighted by Gasteiger charge is -2.32. The van der Waals surface area contributed by atoms with Crippen LogP contribution in [0.3, 0.4) is 0 Å². The molecule has 0 spiro atoms. The van der Waals surface area contributed by atoms with Crippen molar-refractivity contribution in [2.45, 2.75) is 24.7 Å². The fourth-order valence-corrected chi connectivity index (χ4v) is 4.76. The molecule has 0 aromatic heterocycles. The number of rotatable bonds is 5. The largest absolute Gasteiger partial charge is 0.489 e. The third-order valence-electron chi connectivity index (χ3n) is 4.08. The van der Waals surface area contributed by atoms with Gasteiger partial charge in [-0.3, -0.25) is 0 Å². The first kappa shape index (κ1) is 17.3. The zero-order chi connectivity index (χ0) is 17.0. The van der Waals surface area contributed by atoms with E-state index in [1.165, 1.54) is 4.31 Å². The van der Waals surface area contributed by atoms with Gasteiger partial charge in [-0.1, -0.05) is 48.0 Å². The van der Waals surface area contributed by atoms with Crippen LogP contribution >= 0.6 is 11.6 Å². The number of para-hydroxylation sites is 1. The predicted molar refractivity (Wildman–Crippen MR) is 95.7 cm³/mol. The monoisotopic (exact) mass is 365 g/mol. The van der Waals surface area contributed by atoms with Gasteiger partial charge in [-0.2, -0.15) is 4.31 Å². The van der Waals surface area contributed by atoms with E-state index >= 15 is 0 Å². The molecule has 2 aromatic carbocycles. The Morgan fingerprint density at radius 1 is 1.08 bits per heavy atom. The van der Waals surface area contributed by atoms with Gasteiger partial charge in [0.05, 0.1) is 12.3 Å². The van der Waals surface area contributed by atoms with Gasteiger partial charge in [0.15, 0.2) is 0 Å². The fourth-order valence-electron chi connectivity index (χ4n) is 2.85. The van der Waals surface area contributed by atoms with E-state index in [9.17, 15) is 8.42 Å². The molecule has 0 amide bonds. The summed E-state index contributed by atoms with van der Waals surface area (Å²) in [5, 5.41) is 0.482. The molecule has 0 saturated carbocycles. The van der Waals surface area contributed by atoms with Crippen molar-refractivity contribution in [3.05, 3.63) is 65.2 Å². The van der Waals surface area contributed by atoms with E-state index < -0.39 is 10.0 Å². The van der Waals surface area contributed by atoms with E-state index in [4.69, 9.17) is 16.3 Å². The standard InChI is InChI=1S/C18H20ClNO3S/c19-18-11-5-4-7-15(18)14-24(21,22)20-12-6-10-17(13-20)23-16-8-2-1-3-9-16/h1-5,7-9,11,17H,6,10,12-14H2. The van der Waals surface area contributed by atoms with Gasteiger partial charge >= 0.3 is 0 Å². The van der Waals surface area contributed by atoms with Crippen LogP contribution in [0.2, 0.25) is 5.02 Å². The van der Waals surface area contributed by atoms with Gasteiger partial charge in [0.2, 0.25) is 10.0 Å². The molecule has 3 rings (SSSR count). The number of hydrogen-bond acceptors (Lipinski definition) is 3. The van der Waals surface area contributed by atoms with Crippen molar-refractivity contribution in [1.82, 2.24) is 4.31 Å². The highest BCUT2D eigenvalue weighted by atomic mass is 35.5. The van der Waals surface area contributed by atoms with Crippen molar-refractivity contribution < 1.29 is 13.2 Å². The quantitative estimate of drug-likeness (QED) is 0.811. The van der Waals surface area contributed by atoms with Crippen LogP contribution < -0.4 is 4.74 Å². The lowest BCUT2D eigenvalue weighted by atomic mass is 10.1. The fraction of sp³-hybridized carbons (Fsp3) is 0.333. The summed E-state index contributed by atoms with van der Waals surface area (Å²) in [7, 11) is -3.42. The molecule has 1 atom stereocenters. The molecule has 0 N–H and O–H groups in total. The number of sulfonamides is 1. The molecule has 1 saturated heterocycles. The summed E-state index contributed by atoms with van der Waals surface area (Å²) >= 11 is 6.10. The molecule has 0 radical (unpaired) electrons. The van der Waals surface area contributed by atoms with E-state index in [0.29, 0.717) is 23.7 Å². The average molecular weight is 366 g/mol. The van der Waals surface area contributed by atoms with E-state index in [-0.39, 0.29) is 11.9 Å². The van der Waals surface area contributed by atoms with Crippen molar-refractivity contribution in [2.24, 2.45) is 0 Å². The van der Waals surface area contributed by atoms with Gasteiger partial charge in [-0.15, -0.1) is 0 Å². The molecule has 1 fully saturated rings. The molecule has 1 unspecified atom stereocenters. The Kier molecular flexibility index (Phi) is 5.43. The van der Waals surface area contributed by atoms with Gasteiger partial charge in [-0.05, 0) is 36.6 Å². The van der Waals surface area contributed by atoms with Crippen molar-refractivity contribution in [3.63, 3.8) is 0 Å². The minimum atomic E-state index is -3.42. The van der Waals surface area contributed by atoms with Crippen LogP contribution in [0.15, 0.2) is 54.6 Å². The van der Waals surface area contributed by atoms with E-state index in [1.807, 2.05) is 30.3 Å². The minimum absolute atomic E-state index is 0.0786. The highest BCUT2D eigenvalue weighted by Crippen LogP contribution is 2.24. The Labute approximate surface area is 148 Å². The third-order valence-corrected chi connectivity index (χ3v) is 6.24. The first-order valence-electron chi connectivity index (χ1n) is 7.97. The second-order valence-electron chi connectivity index (χ2n) is 5.90. The molecular formula is C18H20ClNO3S. The van der Waals surface area contributed by atoms with Crippen LogP contribution in [-0.2, 0) is 15.8 Å². The molecule has 6 heteroatoms. The highest BCUT2D eigenvalue weighted by Gasteiger charge is 2.30. The maximum atomic E-state index is 12.7. The molecule has 0 bridgehead atoms. The van der Waals surface area contributed by atoms with E-state index in [0.717, 1.165) is 18.6 Å². The van der Waals surface area contributed by atoms with E-state index in [1.54, 1.807) is 24.3 Å². The van der Waals surface area contributed by atoms with Gasteiger partial charge in [0, 0.05) is 11.6 Å². The molecule has 1 heterocycles. The Morgan fingerprint density at radius 3 is 2.54 bits per heavy atom. The molecule has 24 heavy (non-hydrogen) atoms. The summed E-state index contributed by atoms with van der Waals surface area (Å²) in [4.78, 5) is 0. The second kappa shape index (κ2) is 7.55. The molecule has 2 aromatic rings. The minimum Gasteiger partial charge on any atom is -0.489 e. The molecule has 128 valence electrons.